The summed E-state index contributed by atoms with van der Waals surface area (Å²) in [6.45, 7) is 0. The Labute approximate surface area is 68.5 Å². The summed E-state index contributed by atoms with van der Waals surface area (Å²) < 4.78 is 9.56. The quantitative estimate of drug-likeness (QED) is 0.310. The van der Waals surface area contributed by atoms with Gasteiger partial charge in [0.15, 0.2) is 0 Å². The van der Waals surface area contributed by atoms with Crippen molar-refractivity contribution in [1.29, 1.82) is 0 Å². The van der Waals surface area contributed by atoms with Gasteiger partial charge in [-0.2, -0.15) is 0 Å². The van der Waals surface area contributed by atoms with E-state index in [1.165, 1.54) is 0 Å². The zero-order valence-electron chi connectivity index (χ0n) is 2.83. The second-order valence-electron chi connectivity index (χ2n) is 0.784. The van der Waals surface area contributed by atoms with Crippen molar-refractivity contribution in [3.63, 3.8) is 0 Å². The third-order valence-electron chi connectivity index (χ3n) is 0.156. The normalized spacial score (nSPS) is 10.1. The van der Waals surface area contributed by atoms with Gasteiger partial charge in [-0.3, -0.25) is 4.57 Å². The van der Waals surface area contributed by atoms with Crippen molar-refractivity contribution in [3.05, 3.63) is 0 Å². The summed E-state index contributed by atoms with van der Waals surface area (Å²) in [6.07, 6.45) is 0. The number of hydrogen-bond donors (Lipinski definition) is 2. The SMILES string of the molecule is O=P(O)(O)CCl.[NaH]. The van der Waals surface area contributed by atoms with E-state index in [9.17, 15) is 4.57 Å². The Morgan fingerprint density at radius 1 is 1.57 bits per heavy atom. The van der Waals surface area contributed by atoms with Crippen molar-refractivity contribution in [2.45, 2.75) is 0 Å². The van der Waals surface area contributed by atoms with E-state index in [-0.39, 0.29) is 29.6 Å². The van der Waals surface area contributed by atoms with Gasteiger partial charge in [-0.15, -0.1) is 11.6 Å². The van der Waals surface area contributed by atoms with E-state index < -0.39 is 13.2 Å². The van der Waals surface area contributed by atoms with Crippen molar-refractivity contribution in [2.75, 3.05) is 5.62 Å². The van der Waals surface area contributed by atoms with Gasteiger partial charge in [0.25, 0.3) is 0 Å². The van der Waals surface area contributed by atoms with Gasteiger partial charge in [0.05, 0.1) is 0 Å². The van der Waals surface area contributed by atoms with E-state index >= 15 is 0 Å². The second-order valence-corrected chi connectivity index (χ2v) is 3.07. The van der Waals surface area contributed by atoms with Gasteiger partial charge in [0.2, 0.25) is 0 Å². The van der Waals surface area contributed by atoms with Crippen LogP contribution in [0.4, 0.5) is 0 Å². The van der Waals surface area contributed by atoms with E-state index in [0.29, 0.717) is 0 Å². The fraction of sp³-hybridized carbons (Fsp3) is 1.00. The molecule has 0 bridgehead atoms. The average Bonchev–Trinajstić information content (AvgIpc) is 1.35. The molecule has 0 amide bonds. The van der Waals surface area contributed by atoms with Gasteiger partial charge in [-0.1, -0.05) is 0 Å². The maximum absolute atomic E-state index is 9.56. The summed E-state index contributed by atoms with van der Waals surface area (Å²) in [7, 11) is -3.88. The summed E-state index contributed by atoms with van der Waals surface area (Å²) in [5.41, 5.74) is -0.590. The van der Waals surface area contributed by atoms with Gasteiger partial charge in [0, 0.05) is 0 Å². The van der Waals surface area contributed by atoms with Gasteiger partial charge >= 0.3 is 37.2 Å². The molecule has 40 valence electrons. The molecule has 0 aromatic carbocycles. The Kier molecular flexibility index (Phi) is 6.97. The molecule has 0 heterocycles. The Balaban J connectivity index is 0. The first-order valence-electron chi connectivity index (χ1n) is 1.17. The minimum atomic E-state index is -3.88. The van der Waals surface area contributed by atoms with E-state index in [1.807, 2.05) is 0 Å². The molecule has 0 saturated carbocycles. The third kappa shape index (κ3) is 11.2. The molecule has 0 aliphatic carbocycles. The van der Waals surface area contributed by atoms with Crippen molar-refractivity contribution in [3.8, 4) is 0 Å². The van der Waals surface area contributed by atoms with E-state index in [4.69, 9.17) is 21.4 Å². The first-order chi connectivity index (χ1) is 2.56. The number of halogens is 1. The molecule has 0 rings (SSSR count). The molecule has 0 aromatic heterocycles. The summed E-state index contributed by atoms with van der Waals surface area (Å²) in [6, 6.07) is 0. The van der Waals surface area contributed by atoms with Gasteiger partial charge in [0.1, 0.15) is 5.62 Å². The first kappa shape index (κ1) is 11.3. The Hall–Kier alpha value is 1.44. The Morgan fingerprint density at radius 3 is 1.71 bits per heavy atom. The second kappa shape index (κ2) is 4.33. The average molecular weight is 154 g/mol. The van der Waals surface area contributed by atoms with Crippen LogP contribution in [0.25, 0.3) is 0 Å². The molecule has 0 spiro atoms. The fourth-order valence-corrected chi connectivity index (χ4v) is 0. The molecule has 0 unspecified atom stereocenters. The van der Waals surface area contributed by atoms with Crippen LogP contribution < -0.4 is 0 Å². The van der Waals surface area contributed by atoms with Crippen molar-refractivity contribution in [1.82, 2.24) is 0 Å². The van der Waals surface area contributed by atoms with Crippen LogP contribution >= 0.6 is 19.2 Å². The summed E-state index contributed by atoms with van der Waals surface area (Å²) in [4.78, 5) is 15.6. The molecule has 7 heavy (non-hydrogen) atoms. The van der Waals surface area contributed by atoms with Crippen LogP contribution in [0, 0.1) is 0 Å². The molecule has 0 fully saturated rings. The molecule has 0 radical (unpaired) electrons. The van der Waals surface area contributed by atoms with Crippen LogP contribution in [0.1, 0.15) is 0 Å². The molecular weight excluding hydrogens is 149 g/mol. The molecule has 0 aliphatic heterocycles. The van der Waals surface area contributed by atoms with Crippen LogP contribution in [-0.4, -0.2) is 45.0 Å². The third-order valence-corrected chi connectivity index (χ3v) is 1.40. The first-order valence-corrected chi connectivity index (χ1v) is 3.50. The summed E-state index contributed by atoms with van der Waals surface area (Å²) in [5, 5.41) is 0. The van der Waals surface area contributed by atoms with Crippen molar-refractivity contribution < 1.29 is 14.4 Å². The van der Waals surface area contributed by atoms with E-state index in [2.05, 4.69) is 0 Å². The molecule has 0 saturated heterocycles. The molecule has 0 aromatic rings. The van der Waals surface area contributed by atoms with Gasteiger partial charge < -0.3 is 9.79 Å². The standard InChI is InChI=1S/CH4ClO3P.Na.H/c2-1-6(3,4)5;;/h1H2,(H2,3,4,5);;. The molecular formula is CH5ClNaO3P. The Morgan fingerprint density at radius 2 is 1.71 bits per heavy atom. The van der Waals surface area contributed by atoms with Gasteiger partial charge in [-0.25, -0.2) is 0 Å². The zero-order valence-corrected chi connectivity index (χ0v) is 4.49. The number of alkyl halides is 1. The van der Waals surface area contributed by atoms with Crippen LogP contribution in [0.5, 0.6) is 0 Å². The summed E-state index contributed by atoms with van der Waals surface area (Å²) in [5.74, 6) is 0. The molecule has 0 aliphatic rings. The fourth-order valence-electron chi connectivity index (χ4n) is 0. The minimum absolute atomic E-state index is 0. The van der Waals surface area contributed by atoms with E-state index in [1.54, 1.807) is 0 Å². The summed E-state index contributed by atoms with van der Waals surface area (Å²) >= 11 is 4.71. The van der Waals surface area contributed by atoms with Crippen molar-refractivity contribution in [2.24, 2.45) is 0 Å². The topological polar surface area (TPSA) is 57.5 Å². The van der Waals surface area contributed by atoms with Crippen LogP contribution in [0.3, 0.4) is 0 Å². The van der Waals surface area contributed by atoms with Crippen LogP contribution in [0.15, 0.2) is 0 Å². The number of hydrogen-bond acceptors (Lipinski definition) is 1. The molecule has 3 nitrogen and oxygen atoms in total. The monoisotopic (exact) mass is 154 g/mol. The number of rotatable bonds is 1. The predicted octanol–water partition coefficient (Wildman–Crippen LogP) is -0.288. The molecule has 6 heteroatoms. The Bertz CT molecular complexity index is 79.0. The predicted molar refractivity (Wildman–Crippen MR) is 29.9 cm³/mol. The van der Waals surface area contributed by atoms with Gasteiger partial charge in [-0.05, 0) is 0 Å². The molecule has 0 atom stereocenters. The maximum atomic E-state index is 9.56. The zero-order chi connectivity index (χ0) is 5.21. The van der Waals surface area contributed by atoms with Crippen LogP contribution in [0.2, 0.25) is 0 Å². The molecule has 2 N–H and O–H groups in total. The van der Waals surface area contributed by atoms with Crippen LogP contribution in [-0.2, 0) is 4.57 Å². The van der Waals surface area contributed by atoms with E-state index in [0.717, 1.165) is 0 Å². The van der Waals surface area contributed by atoms with Crippen molar-refractivity contribution >= 4 is 48.8 Å².